The number of pyridine rings is 1. The summed E-state index contributed by atoms with van der Waals surface area (Å²) in [4.78, 5) is 4.09. The first-order valence-corrected chi connectivity index (χ1v) is 8.99. The van der Waals surface area contributed by atoms with Crippen LogP contribution in [0.2, 0.25) is 0 Å². The van der Waals surface area contributed by atoms with Gasteiger partial charge >= 0.3 is 12.4 Å². The smallest absolute Gasteiger partial charge is 0.417 e. The lowest BCUT2D eigenvalue weighted by atomic mass is 9.91. The summed E-state index contributed by atoms with van der Waals surface area (Å²) < 4.78 is 87.1. The largest absolute Gasteiger partial charge is 0.497 e. The Labute approximate surface area is 173 Å². The molecule has 1 N–H and O–H groups in total. The Bertz CT molecular complexity index is 1070. The van der Waals surface area contributed by atoms with Crippen LogP contribution in [0.1, 0.15) is 22.3 Å². The number of nitrogens with zero attached hydrogens (tertiary/aromatic N) is 1. The van der Waals surface area contributed by atoms with Crippen molar-refractivity contribution in [2.45, 2.75) is 25.9 Å². The van der Waals surface area contributed by atoms with Gasteiger partial charge in [-0.05, 0) is 66.1 Å². The number of hydrogen-bond donors (Lipinski definition) is 1. The molecule has 164 valence electrons. The average Bonchev–Trinajstić information content (AvgIpc) is 2.71. The molecule has 0 unspecified atom stereocenters. The maximum atomic E-state index is 13.7. The quantitative estimate of drug-likeness (QED) is 0.486. The molecule has 0 aliphatic heterocycles. The van der Waals surface area contributed by atoms with Crippen LogP contribution >= 0.6 is 0 Å². The van der Waals surface area contributed by atoms with Gasteiger partial charge in [-0.25, -0.2) is 0 Å². The number of rotatable bonds is 4. The lowest BCUT2D eigenvalue weighted by Gasteiger charge is -2.20. The minimum Gasteiger partial charge on any atom is -0.497 e. The SMILES string of the molecule is COc1ccc(-c2cc(-c3c(C(F)(F)F)cc(C)cc3C(F)(F)F)ccn2)c(CO)c1. The molecule has 1 heterocycles. The first-order valence-electron chi connectivity index (χ1n) is 8.99. The Morgan fingerprint density at radius 1 is 0.903 bits per heavy atom. The highest BCUT2D eigenvalue weighted by Gasteiger charge is 2.41. The molecule has 0 atom stereocenters. The zero-order valence-electron chi connectivity index (χ0n) is 16.4. The maximum Gasteiger partial charge on any atom is 0.417 e. The summed E-state index contributed by atoms with van der Waals surface area (Å²) in [5.41, 5.74) is -3.33. The third-order valence-electron chi connectivity index (χ3n) is 4.70. The van der Waals surface area contributed by atoms with E-state index >= 15 is 0 Å². The number of methoxy groups -OCH3 is 1. The van der Waals surface area contributed by atoms with Crippen molar-refractivity contribution in [1.82, 2.24) is 4.98 Å². The summed E-state index contributed by atoms with van der Waals surface area (Å²) in [7, 11) is 1.42. The van der Waals surface area contributed by atoms with E-state index in [1.807, 2.05) is 0 Å². The van der Waals surface area contributed by atoms with Gasteiger partial charge in [0.2, 0.25) is 0 Å². The molecule has 0 spiro atoms. The fourth-order valence-corrected chi connectivity index (χ4v) is 3.36. The van der Waals surface area contributed by atoms with Gasteiger partial charge in [-0.2, -0.15) is 26.3 Å². The van der Waals surface area contributed by atoms with Crippen molar-refractivity contribution in [3.8, 4) is 28.1 Å². The van der Waals surface area contributed by atoms with E-state index in [0.29, 0.717) is 29.0 Å². The van der Waals surface area contributed by atoms with Crippen LogP contribution in [0, 0.1) is 6.92 Å². The van der Waals surface area contributed by atoms with Crippen molar-refractivity contribution >= 4 is 0 Å². The molecule has 0 aliphatic carbocycles. The van der Waals surface area contributed by atoms with E-state index in [1.54, 1.807) is 6.07 Å². The first kappa shape index (κ1) is 22.6. The van der Waals surface area contributed by atoms with E-state index in [4.69, 9.17) is 4.74 Å². The Hall–Kier alpha value is -3.07. The summed E-state index contributed by atoms with van der Waals surface area (Å²) >= 11 is 0. The lowest BCUT2D eigenvalue weighted by molar-refractivity contribution is -0.142. The Kier molecular flexibility index (Phi) is 6.00. The highest BCUT2D eigenvalue weighted by Crippen LogP contribution is 2.45. The maximum absolute atomic E-state index is 13.7. The third kappa shape index (κ3) is 4.66. The second-order valence-corrected chi connectivity index (χ2v) is 6.84. The molecule has 0 radical (unpaired) electrons. The van der Waals surface area contributed by atoms with Gasteiger partial charge in [0.1, 0.15) is 5.75 Å². The van der Waals surface area contributed by atoms with Crippen molar-refractivity contribution in [2.24, 2.45) is 0 Å². The van der Waals surface area contributed by atoms with Crippen LogP contribution in [0.5, 0.6) is 5.75 Å². The summed E-state index contributed by atoms with van der Waals surface area (Å²) in [5.74, 6) is 0.432. The van der Waals surface area contributed by atoms with Gasteiger partial charge in [0.05, 0.1) is 30.5 Å². The van der Waals surface area contributed by atoms with Gasteiger partial charge in [0.15, 0.2) is 0 Å². The number of aromatic nitrogens is 1. The summed E-state index contributed by atoms with van der Waals surface area (Å²) in [5, 5.41) is 9.64. The van der Waals surface area contributed by atoms with Crippen LogP contribution in [-0.4, -0.2) is 17.2 Å². The van der Waals surface area contributed by atoms with Crippen LogP contribution < -0.4 is 4.74 Å². The number of ether oxygens (including phenoxy) is 1. The summed E-state index contributed by atoms with van der Waals surface area (Å²) in [6.45, 7) is 0.752. The topological polar surface area (TPSA) is 42.4 Å². The molecule has 3 aromatic rings. The molecule has 0 saturated heterocycles. The van der Waals surface area contributed by atoms with E-state index in [0.717, 1.165) is 18.3 Å². The normalized spacial score (nSPS) is 12.2. The van der Waals surface area contributed by atoms with Gasteiger partial charge in [-0.1, -0.05) is 0 Å². The van der Waals surface area contributed by atoms with Crippen LogP contribution in [0.15, 0.2) is 48.7 Å². The van der Waals surface area contributed by atoms with Crippen molar-refractivity contribution < 1.29 is 36.2 Å². The Morgan fingerprint density at radius 3 is 2.03 bits per heavy atom. The second kappa shape index (κ2) is 8.22. The predicted octanol–water partition coefficient (Wildman–Crippen LogP) is 6.26. The monoisotopic (exact) mass is 441 g/mol. The fourth-order valence-electron chi connectivity index (χ4n) is 3.36. The zero-order chi connectivity index (χ0) is 23.0. The molecule has 31 heavy (non-hydrogen) atoms. The van der Waals surface area contributed by atoms with Crippen LogP contribution in [0.25, 0.3) is 22.4 Å². The molecular weight excluding hydrogens is 424 g/mol. The highest BCUT2D eigenvalue weighted by atomic mass is 19.4. The van der Waals surface area contributed by atoms with Crippen molar-refractivity contribution in [1.29, 1.82) is 0 Å². The van der Waals surface area contributed by atoms with Crippen molar-refractivity contribution in [2.75, 3.05) is 7.11 Å². The molecule has 0 amide bonds. The number of benzene rings is 2. The van der Waals surface area contributed by atoms with Crippen molar-refractivity contribution in [3.05, 3.63) is 70.9 Å². The first-order chi connectivity index (χ1) is 14.5. The molecule has 3 nitrogen and oxygen atoms in total. The zero-order valence-corrected chi connectivity index (χ0v) is 16.4. The molecule has 3 rings (SSSR count). The fraction of sp³-hybridized carbons (Fsp3) is 0.227. The molecule has 1 aromatic heterocycles. The van der Waals surface area contributed by atoms with Gasteiger partial charge < -0.3 is 9.84 Å². The van der Waals surface area contributed by atoms with Gasteiger partial charge in [0.25, 0.3) is 0 Å². The van der Waals surface area contributed by atoms with Gasteiger partial charge in [-0.3, -0.25) is 4.98 Å². The van der Waals surface area contributed by atoms with Crippen LogP contribution in [0.4, 0.5) is 26.3 Å². The van der Waals surface area contributed by atoms with Crippen LogP contribution in [0.3, 0.4) is 0 Å². The summed E-state index contributed by atoms with van der Waals surface area (Å²) in [6.07, 6.45) is -8.86. The molecular formula is C22H17F6NO2. The van der Waals surface area contributed by atoms with Gasteiger partial charge in [-0.15, -0.1) is 0 Å². The molecule has 9 heteroatoms. The number of aryl methyl sites for hydroxylation is 1. The number of alkyl halides is 6. The summed E-state index contributed by atoms with van der Waals surface area (Å²) in [6, 6.07) is 8.22. The number of hydrogen-bond acceptors (Lipinski definition) is 3. The van der Waals surface area contributed by atoms with Gasteiger partial charge in [0, 0.05) is 17.3 Å². The second-order valence-electron chi connectivity index (χ2n) is 6.84. The van der Waals surface area contributed by atoms with E-state index in [9.17, 15) is 31.4 Å². The van der Waals surface area contributed by atoms with E-state index in [-0.39, 0.29) is 16.8 Å². The minimum absolute atomic E-state index is 0.117. The van der Waals surface area contributed by atoms with E-state index in [2.05, 4.69) is 4.98 Å². The number of aliphatic hydroxyl groups excluding tert-OH is 1. The predicted molar refractivity (Wildman–Crippen MR) is 102 cm³/mol. The highest BCUT2D eigenvalue weighted by molar-refractivity contribution is 5.77. The van der Waals surface area contributed by atoms with E-state index < -0.39 is 35.6 Å². The third-order valence-corrected chi connectivity index (χ3v) is 4.70. The molecule has 0 bridgehead atoms. The van der Waals surface area contributed by atoms with E-state index in [1.165, 1.54) is 26.2 Å². The lowest BCUT2D eigenvalue weighted by Crippen LogP contribution is -2.15. The molecule has 0 saturated carbocycles. The molecule has 0 aliphatic rings. The van der Waals surface area contributed by atoms with Crippen LogP contribution in [-0.2, 0) is 19.0 Å². The molecule has 0 fully saturated rings. The standard InChI is InChI=1S/C22H17F6NO2/c1-12-7-17(21(23,24)25)20(18(8-12)22(26,27)28)13-5-6-29-19(10-13)16-4-3-15(31-2)9-14(16)11-30/h3-10,30H,11H2,1-2H3. The number of halogens is 6. The minimum atomic E-state index is -5.00. The molecule has 2 aromatic carbocycles. The Morgan fingerprint density at radius 2 is 1.52 bits per heavy atom. The number of aliphatic hydroxyl groups is 1. The van der Waals surface area contributed by atoms with Crippen molar-refractivity contribution in [3.63, 3.8) is 0 Å². The average molecular weight is 441 g/mol. The Balaban J connectivity index is 2.29.